The molecule has 4 amide bonds. The minimum Gasteiger partial charge on any atom is -0.467 e. The Morgan fingerprint density at radius 3 is 2.11 bits per heavy atom. The van der Waals surface area contributed by atoms with Crippen LogP contribution in [-0.2, 0) is 29.0 Å². The number of hydrogen-bond acceptors (Lipinski definition) is 5. The van der Waals surface area contributed by atoms with Gasteiger partial charge in [-0.3, -0.25) is 24.1 Å². The Morgan fingerprint density at radius 2 is 1.49 bits per heavy atom. The standard InChI is InChI=1S/C39H39N3O5/c1-24-17-25(2)35(26(3)18-24)40-38(46)39(15-14-29-19-27-9-4-5-10-28(27)20-30(29)21-39)42(22-31-11-8-16-47-31)34(43)23-41-36(44)32-12-6-7-13-33(32)37(41)45/h4-13,16-18,29-30H,14-15,19-23H2,1-3H3,(H,40,46)/t29-,30-,39-/m0/s1. The van der Waals surface area contributed by atoms with E-state index in [0.717, 1.165) is 46.5 Å². The Morgan fingerprint density at radius 1 is 0.872 bits per heavy atom. The second-order valence-electron chi connectivity index (χ2n) is 13.5. The summed E-state index contributed by atoms with van der Waals surface area (Å²) in [5.41, 5.74) is 5.67. The average Bonchev–Trinajstić information content (AvgIpc) is 3.66. The maximum Gasteiger partial charge on any atom is 0.262 e. The van der Waals surface area contributed by atoms with Crippen molar-refractivity contribution >= 4 is 29.3 Å². The highest BCUT2D eigenvalue weighted by Gasteiger charge is 2.53. The summed E-state index contributed by atoms with van der Waals surface area (Å²) in [4.78, 5) is 58.9. The van der Waals surface area contributed by atoms with E-state index in [9.17, 15) is 19.2 Å². The van der Waals surface area contributed by atoms with Crippen molar-refractivity contribution in [2.24, 2.45) is 11.8 Å². The van der Waals surface area contributed by atoms with Crippen molar-refractivity contribution in [3.05, 3.63) is 124 Å². The second-order valence-corrected chi connectivity index (χ2v) is 13.5. The number of fused-ring (bicyclic) bond motifs is 3. The van der Waals surface area contributed by atoms with E-state index in [-0.39, 0.29) is 29.5 Å². The molecule has 2 aliphatic carbocycles. The van der Waals surface area contributed by atoms with E-state index in [1.807, 2.05) is 32.9 Å². The molecular formula is C39H39N3O5. The summed E-state index contributed by atoms with van der Waals surface area (Å²) in [5.74, 6) is -0.680. The van der Waals surface area contributed by atoms with Crippen LogP contribution in [0.25, 0.3) is 0 Å². The number of imide groups is 1. The molecule has 3 aromatic carbocycles. The summed E-state index contributed by atoms with van der Waals surface area (Å²) in [5, 5.41) is 3.26. The SMILES string of the molecule is Cc1cc(C)c(NC(=O)[C@]2(N(Cc3ccco3)C(=O)CN3C(=O)c4ccccc4C3=O)CC[C@H]3Cc4ccccc4C[C@H]3C2)c(C)c1. The number of carbonyl (C=O) groups excluding carboxylic acids is 4. The van der Waals surface area contributed by atoms with Crippen molar-refractivity contribution in [2.45, 2.75) is 65.0 Å². The van der Waals surface area contributed by atoms with Crippen molar-refractivity contribution < 1.29 is 23.6 Å². The average molecular weight is 630 g/mol. The first kappa shape index (κ1) is 30.7. The molecule has 0 spiro atoms. The Labute approximate surface area is 274 Å². The second kappa shape index (κ2) is 12.0. The van der Waals surface area contributed by atoms with Crippen LogP contribution in [0.2, 0.25) is 0 Å². The van der Waals surface area contributed by atoms with E-state index >= 15 is 0 Å². The highest BCUT2D eigenvalue weighted by atomic mass is 16.3. The van der Waals surface area contributed by atoms with Crippen molar-refractivity contribution in [1.29, 1.82) is 0 Å². The van der Waals surface area contributed by atoms with Crippen molar-refractivity contribution in [3.8, 4) is 0 Å². The molecule has 1 saturated carbocycles. The highest BCUT2D eigenvalue weighted by Crippen LogP contribution is 2.47. The number of furan rings is 1. The van der Waals surface area contributed by atoms with Crippen LogP contribution in [-0.4, -0.2) is 45.5 Å². The smallest absolute Gasteiger partial charge is 0.262 e. The van der Waals surface area contributed by atoms with Gasteiger partial charge < -0.3 is 14.6 Å². The molecule has 47 heavy (non-hydrogen) atoms. The number of nitrogens with one attached hydrogen (secondary N) is 1. The maximum atomic E-state index is 14.9. The first-order valence-corrected chi connectivity index (χ1v) is 16.4. The molecule has 1 fully saturated rings. The number of nitrogens with zero attached hydrogens (tertiary/aromatic N) is 2. The van der Waals surface area contributed by atoms with Crippen LogP contribution in [0.1, 0.15) is 73.6 Å². The number of hydrogen-bond donors (Lipinski definition) is 1. The largest absolute Gasteiger partial charge is 0.467 e. The van der Waals surface area contributed by atoms with E-state index in [0.29, 0.717) is 24.5 Å². The molecule has 7 rings (SSSR count). The Hall–Kier alpha value is -4.98. The maximum absolute atomic E-state index is 14.9. The van der Waals surface area contributed by atoms with E-state index in [1.54, 1.807) is 47.6 Å². The summed E-state index contributed by atoms with van der Waals surface area (Å²) in [6.07, 6.45) is 4.96. The van der Waals surface area contributed by atoms with Gasteiger partial charge in [0.25, 0.3) is 11.8 Å². The van der Waals surface area contributed by atoms with Gasteiger partial charge in [-0.2, -0.15) is 0 Å². The summed E-state index contributed by atoms with van der Waals surface area (Å²) < 4.78 is 5.74. The highest BCUT2D eigenvalue weighted by molar-refractivity contribution is 6.22. The third kappa shape index (κ3) is 5.45. The molecule has 4 aromatic rings. The molecule has 8 heteroatoms. The van der Waals surface area contributed by atoms with Gasteiger partial charge in [0.05, 0.1) is 23.9 Å². The van der Waals surface area contributed by atoms with Crippen LogP contribution in [0.5, 0.6) is 0 Å². The van der Waals surface area contributed by atoms with Crippen LogP contribution in [0, 0.1) is 32.6 Å². The third-order valence-corrected chi connectivity index (χ3v) is 10.5. The molecule has 1 N–H and O–H groups in total. The number of rotatable bonds is 7. The predicted molar refractivity (Wildman–Crippen MR) is 178 cm³/mol. The summed E-state index contributed by atoms with van der Waals surface area (Å²) in [6, 6.07) is 22.7. The van der Waals surface area contributed by atoms with Crippen LogP contribution >= 0.6 is 0 Å². The molecule has 1 aliphatic heterocycles. The van der Waals surface area contributed by atoms with Gasteiger partial charge >= 0.3 is 0 Å². The minimum atomic E-state index is -1.25. The van der Waals surface area contributed by atoms with E-state index in [2.05, 4.69) is 29.6 Å². The number of carbonyl (C=O) groups is 4. The van der Waals surface area contributed by atoms with E-state index in [1.165, 1.54) is 11.1 Å². The van der Waals surface area contributed by atoms with Crippen LogP contribution < -0.4 is 5.32 Å². The summed E-state index contributed by atoms with van der Waals surface area (Å²) in [7, 11) is 0. The van der Waals surface area contributed by atoms with Gasteiger partial charge in [-0.15, -0.1) is 0 Å². The predicted octanol–water partition coefficient (Wildman–Crippen LogP) is 6.42. The molecule has 240 valence electrons. The number of amides is 4. The molecule has 2 heterocycles. The molecule has 0 unspecified atom stereocenters. The number of aryl methyl sites for hydroxylation is 3. The fraction of sp³-hybridized carbons (Fsp3) is 0.333. The molecule has 1 aromatic heterocycles. The zero-order chi connectivity index (χ0) is 32.9. The van der Waals surface area contributed by atoms with Crippen LogP contribution in [0.3, 0.4) is 0 Å². The quantitative estimate of drug-likeness (QED) is 0.238. The lowest BCUT2D eigenvalue weighted by Crippen LogP contribution is -2.63. The van der Waals surface area contributed by atoms with Gasteiger partial charge in [0.2, 0.25) is 11.8 Å². The van der Waals surface area contributed by atoms with E-state index in [4.69, 9.17) is 4.42 Å². The summed E-state index contributed by atoms with van der Waals surface area (Å²) >= 11 is 0. The first-order valence-electron chi connectivity index (χ1n) is 16.4. The Balaban J connectivity index is 1.29. The lowest BCUT2D eigenvalue weighted by Gasteiger charge is -2.51. The molecule has 3 aliphatic rings. The van der Waals surface area contributed by atoms with Crippen LogP contribution in [0.15, 0.2) is 83.5 Å². The van der Waals surface area contributed by atoms with Gasteiger partial charge in [0.1, 0.15) is 17.8 Å². The van der Waals surface area contributed by atoms with Crippen molar-refractivity contribution in [3.63, 3.8) is 0 Å². The molecule has 3 atom stereocenters. The lowest BCUT2D eigenvalue weighted by atomic mass is 9.62. The van der Waals surface area contributed by atoms with Gasteiger partial charge in [-0.25, -0.2) is 0 Å². The topological polar surface area (TPSA) is 99.9 Å². The Kier molecular flexibility index (Phi) is 7.82. The van der Waals surface area contributed by atoms with Crippen molar-refractivity contribution in [1.82, 2.24) is 9.80 Å². The molecule has 0 bridgehead atoms. The number of benzene rings is 3. The fourth-order valence-electron chi connectivity index (χ4n) is 8.21. The first-order chi connectivity index (χ1) is 22.6. The molecule has 0 radical (unpaired) electrons. The van der Waals surface area contributed by atoms with Gasteiger partial charge in [0.15, 0.2) is 0 Å². The van der Waals surface area contributed by atoms with Crippen LogP contribution in [0.4, 0.5) is 5.69 Å². The number of anilines is 1. The van der Waals surface area contributed by atoms with E-state index < -0.39 is 29.8 Å². The monoisotopic (exact) mass is 629 g/mol. The molecule has 8 nitrogen and oxygen atoms in total. The Bertz CT molecular complexity index is 1840. The van der Waals surface area contributed by atoms with Gasteiger partial charge in [-0.1, -0.05) is 54.1 Å². The fourth-order valence-corrected chi connectivity index (χ4v) is 8.21. The molecule has 0 saturated heterocycles. The molecular weight excluding hydrogens is 590 g/mol. The zero-order valence-corrected chi connectivity index (χ0v) is 27.0. The minimum absolute atomic E-state index is 0.0300. The van der Waals surface area contributed by atoms with Gasteiger partial charge in [-0.05, 0) is 111 Å². The third-order valence-electron chi connectivity index (χ3n) is 10.5. The normalized spacial score (nSPS) is 21.6. The van der Waals surface area contributed by atoms with Gasteiger partial charge in [0, 0.05) is 5.69 Å². The zero-order valence-electron chi connectivity index (χ0n) is 27.0. The summed E-state index contributed by atoms with van der Waals surface area (Å²) in [6.45, 7) is 5.54. The van der Waals surface area contributed by atoms with Crippen molar-refractivity contribution in [2.75, 3.05) is 11.9 Å². The lowest BCUT2D eigenvalue weighted by molar-refractivity contribution is -0.151.